The van der Waals surface area contributed by atoms with Crippen molar-refractivity contribution < 1.29 is 13.9 Å². The minimum atomic E-state index is -1.60. The van der Waals surface area contributed by atoms with Gasteiger partial charge in [-0.2, -0.15) is 0 Å². The van der Waals surface area contributed by atoms with E-state index in [1.54, 1.807) is 0 Å². The van der Waals surface area contributed by atoms with Gasteiger partial charge >= 0.3 is 0 Å². The third-order valence-corrected chi connectivity index (χ3v) is 6.82. The van der Waals surface area contributed by atoms with Crippen LogP contribution in [0.25, 0.3) is 10.9 Å². The first kappa shape index (κ1) is 25.2. The molecule has 4 aromatic rings. The smallest absolute Gasteiger partial charge is 0.132 e. The van der Waals surface area contributed by atoms with Gasteiger partial charge in [0.05, 0.1) is 5.52 Å². The number of hydrogen-bond acceptors (Lipinski definition) is 3. The van der Waals surface area contributed by atoms with Crippen LogP contribution in [-0.4, -0.2) is 35.6 Å². The number of nitrogens with zero attached hydrogens (tertiary/aromatic N) is 2. The van der Waals surface area contributed by atoms with Gasteiger partial charge in [-0.05, 0) is 73.5 Å². The van der Waals surface area contributed by atoms with Crippen molar-refractivity contribution in [3.63, 3.8) is 0 Å². The predicted molar refractivity (Wildman–Crippen MR) is 138 cm³/mol. The second-order valence-electron chi connectivity index (χ2n) is 9.22. The van der Waals surface area contributed by atoms with Crippen molar-refractivity contribution in [3.05, 3.63) is 112 Å². The van der Waals surface area contributed by atoms with Crippen LogP contribution in [0.1, 0.15) is 41.5 Å². The molecule has 3 aromatic carbocycles. The topological polar surface area (TPSA) is 36.4 Å². The van der Waals surface area contributed by atoms with Crippen LogP contribution in [0.5, 0.6) is 0 Å². The Morgan fingerprint density at radius 1 is 0.943 bits per heavy atom. The molecule has 0 unspecified atom stereocenters. The molecule has 1 aromatic heterocycles. The molecule has 0 spiro atoms. The normalized spacial score (nSPS) is 14.3. The van der Waals surface area contributed by atoms with Gasteiger partial charge in [0.1, 0.15) is 22.4 Å². The van der Waals surface area contributed by atoms with Gasteiger partial charge in [0.25, 0.3) is 0 Å². The summed E-state index contributed by atoms with van der Waals surface area (Å²) in [5, 5.41) is 13.7. The first-order valence-electron chi connectivity index (χ1n) is 11.7. The molecule has 182 valence electrons. The minimum Gasteiger partial charge on any atom is -0.384 e. The lowest BCUT2D eigenvalue weighted by molar-refractivity contribution is 0.00396. The minimum absolute atomic E-state index is 0.193. The van der Waals surface area contributed by atoms with Gasteiger partial charge in [-0.15, -0.1) is 0 Å². The van der Waals surface area contributed by atoms with Gasteiger partial charge in [-0.1, -0.05) is 61.0 Å². The molecule has 2 atom stereocenters. The quantitative estimate of drug-likeness (QED) is 0.277. The van der Waals surface area contributed by atoms with Crippen LogP contribution in [0.2, 0.25) is 5.15 Å². The molecule has 0 bridgehead atoms. The summed E-state index contributed by atoms with van der Waals surface area (Å²) in [6, 6.07) is 20.6. The summed E-state index contributed by atoms with van der Waals surface area (Å²) in [6.07, 6.45) is 1.02. The van der Waals surface area contributed by atoms with Gasteiger partial charge in [0, 0.05) is 23.9 Å². The molecule has 4 rings (SSSR count). The Balaban J connectivity index is 1.96. The van der Waals surface area contributed by atoms with E-state index >= 15 is 0 Å². The summed E-state index contributed by atoms with van der Waals surface area (Å²) in [7, 11) is 3.80. The lowest BCUT2D eigenvalue weighted by Crippen LogP contribution is -2.37. The molecule has 1 heterocycles. The molecule has 3 nitrogen and oxygen atoms in total. The SMILES string of the molecule is CCc1cc2ccc([C@H](c3ccccc3)[C@@](O)(CCN(C)C)c3cc(F)cc(F)c3)cc2nc1Cl. The van der Waals surface area contributed by atoms with Crippen molar-refractivity contribution in [2.75, 3.05) is 20.6 Å². The molecule has 0 aliphatic carbocycles. The van der Waals surface area contributed by atoms with E-state index in [1.807, 2.05) is 80.5 Å². The van der Waals surface area contributed by atoms with Crippen molar-refractivity contribution in [3.8, 4) is 0 Å². The van der Waals surface area contributed by atoms with Gasteiger partial charge in [0.15, 0.2) is 0 Å². The molecule has 0 fully saturated rings. The number of aryl methyl sites for hydroxylation is 1. The summed E-state index contributed by atoms with van der Waals surface area (Å²) in [5.74, 6) is -2.07. The Bertz CT molecular complexity index is 1310. The highest BCUT2D eigenvalue weighted by atomic mass is 35.5. The fourth-order valence-electron chi connectivity index (χ4n) is 4.67. The average molecular weight is 495 g/mol. The van der Waals surface area contributed by atoms with Crippen LogP contribution in [0, 0.1) is 11.6 Å². The number of rotatable bonds is 8. The maximum Gasteiger partial charge on any atom is 0.132 e. The number of fused-ring (bicyclic) bond motifs is 1. The van der Waals surface area contributed by atoms with Crippen molar-refractivity contribution in [1.29, 1.82) is 0 Å². The van der Waals surface area contributed by atoms with Crippen LogP contribution >= 0.6 is 11.6 Å². The molecule has 1 N–H and O–H groups in total. The Morgan fingerprint density at radius 3 is 2.26 bits per heavy atom. The zero-order chi connectivity index (χ0) is 25.2. The van der Waals surface area contributed by atoms with Crippen LogP contribution in [-0.2, 0) is 12.0 Å². The summed E-state index contributed by atoms with van der Waals surface area (Å²) in [6.45, 7) is 2.53. The fraction of sp³-hybridized carbons (Fsp3) is 0.276. The standard InChI is InChI=1S/C29H29ClF2N2O/c1-4-19-14-21-10-11-22(15-26(21)33-28(19)30)27(20-8-6-5-7-9-20)29(35,12-13-34(2)3)23-16-24(31)18-25(32)17-23/h5-11,14-18,27,35H,4,12-13H2,1-3H3/t27-,29+/m0/s1. The van der Waals surface area contributed by atoms with E-state index in [-0.39, 0.29) is 12.0 Å². The van der Waals surface area contributed by atoms with Crippen LogP contribution in [0.15, 0.2) is 72.8 Å². The van der Waals surface area contributed by atoms with Crippen molar-refractivity contribution in [2.24, 2.45) is 0 Å². The van der Waals surface area contributed by atoms with Gasteiger partial charge in [-0.3, -0.25) is 0 Å². The number of benzene rings is 3. The van der Waals surface area contributed by atoms with E-state index < -0.39 is 23.2 Å². The number of halogens is 3. The lowest BCUT2D eigenvalue weighted by atomic mass is 9.71. The molecule has 0 aliphatic heterocycles. The molecule has 0 saturated heterocycles. The summed E-state index contributed by atoms with van der Waals surface area (Å²) in [5.41, 5.74) is 1.86. The van der Waals surface area contributed by atoms with Crippen LogP contribution in [0.3, 0.4) is 0 Å². The highest BCUT2D eigenvalue weighted by Crippen LogP contribution is 2.45. The van der Waals surface area contributed by atoms with Crippen molar-refractivity contribution in [1.82, 2.24) is 9.88 Å². The highest BCUT2D eigenvalue weighted by Gasteiger charge is 2.41. The third-order valence-electron chi connectivity index (χ3n) is 6.50. The second kappa shape index (κ2) is 10.4. The molecule has 6 heteroatoms. The second-order valence-corrected chi connectivity index (χ2v) is 9.58. The van der Waals surface area contributed by atoms with Gasteiger partial charge in [0.2, 0.25) is 0 Å². The Kier molecular flexibility index (Phi) is 7.50. The van der Waals surface area contributed by atoms with Gasteiger partial charge < -0.3 is 10.0 Å². The molecule has 0 radical (unpaired) electrons. The monoisotopic (exact) mass is 494 g/mol. The van der Waals surface area contributed by atoms with Gasteiger partial charge in [-0.25, -0.2) is 13.8 Å². The van der Waals surface area contributed by atoms with Crippen LogP contribution in [0.4, 0.5) is 8.78 Å². The number of aliphatic hydroxyl groups is 1. The van der Waals surface area contributed by atoms with E-state index in [1.165, 1.54) is 12.1 Å². The zero-order valence-electron chi connectivity index (χ0n) is 20.1. The first-order chi connectivity index (χ1) is 16.7. The molecule has 0 aliphatic rings. The summed E-state index contributed by atoms with van der Waals surface area (Å²) >= 11 is 6.41. The van der Waals surface area contributed by atoms with E-state index in [9.17, 15) is 13.9 Å². The molecular formula is C29H29ClF2N2O. The third kappa shape index (κ3) is 5.37. The van der Waals surface area contributed by atoms with Crippen molar-refractivity contribution >= 4 is 22.5 Å². The van der Waals surface area contributed by atoms with E-state index in [0.717, 1.165) is 34.6 Å². The van der Waals surface area contributed by atoms with Crippen molar-refractivity contribution in [2.45, 2.75) is 31.3 Å². The number of hydrogen-bond donors (Lipinski definition) is 1. The fourth-order valence-corrected chi connectivity index (χ4v) is 4.95. The van der Waals surface area contributed by atoms with E-state index in [0.29, 0.717) is 17.2 Å². The van der Waals surface area contributed by atoms with E-state index in [4.69, 9.17) is 11.6 Å². The molecular weight excluding hydrogens is 466 g/mol. The summed E-state index contributed by atoms with van der Waals surface area (Å²) < 4.78 is 28.7. The van der Waals surface area contributed by atoms with E-state index in [2.05, 4.69) is 4.98 Å². The lowest BCUT2D eigenvalue weighted by Gasteiger charge is -2.38. The predicted octanol–water partition coefficient (Wildman–Crippen LogP) is 6.70. The molecule has 35 heavy (non-hydrogen) atoms. The van der Waals surface area contributed by atoms with Crippen LogP contribution < -0.4 is 0 Å². The largest absolute Gasteiger partial charge is 0.384 e. The Labute approximate surface area is 210 Å². The molecule has 0 saturated carbocycles. The highest BCUT2D eigenvalue weighted by molar-refractivity contribution is 6.30. The first-order valence-corrected chi connectivity index (χ1v) is 12.1. The zero-order valence-corrected chi connectivity index (χ0v) is 20.9. The Morgan fingerprint density at radius 2 is 1.63 bits per heavy atom. The maximum atomic E-state index is 14.4. The Hall–Kier alpha value is -2.86. The number of aromatic nitrogens is 1. The summed E-state index contributed by atoms with van der Waals surface area (Å²) in [4.78, 5) is 6.54. The number of pyridine rings is 1. The molecule has 0 amide bonds. The maximum absolute atomic E-state index is 14.4. The average Bonchev–Trinajstić information content (AvgIpc) is 2.82.